The van der Waals surface area contributed by atoms with Crippen LogP contribution in [0, 0.1) is 0 Å². The molecule has 2 aromatic carbocycles. The fraction of sp³-hybridized carbons (Fsp3) is 0.389. The number of nitrogens with zero attached hydrogens (tertiary/aromatic N) is 5. The quantitative estimate of drug-likeness (QED) is 0.0624. The molecule has 2 amide bonds. The van der Waals surface area contributed by atoms with Gasteiger partial charge in [0.15, 0.2) is 0 Å². The lowest BCUT2D eigenvalue weighted by molar-refractivity contribution is -0.146. The summed E-state index contributed by atoms with van der Waals surface area (Å²) in [7, 11) is 3.46. The normalized spacial score (nSPS) is 12.0. The lowest BCUT2D eigenvalue weighted by Gasteiger charge is -2.21. The summed E-state index contributed by atoms with van der Waals surface area (Å²) >= 11 is 0. The number of benzene rings is 2. The molecule has 0 fully saturated rings. The molecule has 0 bridgehead atoms. The van der Waals surface area contributed by atoms with Crippen LogP contribution in [0.25, 0.3) is 11.0 Å². The fourth-order valence-electron chi connectivity index (χ4n) is 4.91. The molecule has 0 unspecified atom stereocenters. The van der Waals surface area contributed by atoms with Gasteiger partial charge in [-0.15, -0.1) is 0 Å². The number of anilines is 2. The van der Waals surface area contributed by atoms with Gasteiger partial charge < -0.3 is 29.8 Å². The topological polar surface area (TPSA) is 163 Å². The molecule has 0 aliphatic carbocycles. The zero-order valence-corrected chi connectivity index (χ0v) is 28.6. The van der Waals surface area contributed by atoms with Crippen LogP contribution in [0.5, 0.6) is 0 Å². The van der Waals surface area contributed by atoms with Crippen LogP contribution in [0.2, 0.25) is 0 Å². The van der Waals surface area contributed by atoms with E-state index in [0.29, 0.717) is 35.6 Å². The third kappa shape index (κ3) is 10.6. The van der Waals surface area contributed by atoms with E-state index in [0.717, 1.165) is 42.7 Å². The maximum absolute atomic E-state index is 13.8. The molecule has 3 N–H and O–H groups in total. The molecule has 0 radical (unpaired) electrons. The van der Waals surface area contributed by atoms with Gasteiger partial charge in [-0.05, 0) is 67.9 Å². The number of ether oxygens (including phenoxy) is 3. The average molecular weight is 672 g/mol. The van der Waals surface area contributed by atoms with Crippen molar-refractivity contribution in [1.82, 2.24) is 14.5 Å². The number of aryl methyl sites for hydroxylation is 1. The molecule has 0 saturated carbocycles. The van der Waals surface area contributed by atoms with Crippen molar-refractivity contribution in [2.75, 3.05) is 37.1 Å². The Bertz CT molecular complexity index is 1720. The Morgan fingerprint density at radius 3 is 2.51 bits per heavy atom. The predicted octanol–water partition coefficient (Wildman–Crippen LogP) is 5.62. The maximum Gasteiger partial charge on any atom is 0.435 e. The number of methoxy groups -OCH3 is 1. The zero-order valence-electron chi connectivity index (χ0n) is 28.6. The van der Waals surface area contributed by atoms with E-state index in [9.17, 15) is 14.4 Å². The van der Waals surface area contributed by atoms with E-state index < -0.39 is 12.1 Å². The Labute approximate surface area is 286 Å². The highest BCUT2D eigenvalue weighted by Crippen LogP contribution is 2.21. The van der Waals surface area contributed by atoms with Crippen molar-refractivity contribution >= 4 is 46.3 Å². The molecule has 0 aliphatic rings. The van der Waals surface area contributed by atoms with Crippen LogP contribution in [0.15, 0.2) is 71.9 Å². The molecule has 49 heavy (non-hydrogen) atoms. The highest BCUT2D eigenvalue weighted by atomic mass is 16.6. The SMILES string of the molecule is CCCCCCOC(=O)/N=C(\N)c1ccc(NCc2nc3cc(C(=O)N(CCC(=O)OC[C@H](C)OC)c4ccccn4)ccc3n2C)cc1. The number of aromatic nitrogens is 3. The molecule has 0 spiro atoms. The van der Waals surface area contributed by atoms with Crippen LogP contribution in [0.4, 0.5) is 16.3 Å². The molecule has 2 aromatic heterocycles. The summed E-state index contributed by atoms with van der Waals surface area (Å²) in [5.41, 5.74) is 9.36. The van der Waals surface area contributed by atoms with Crippen molar-refractivity contribution in [3.8, 4) is 0 Å². The summed E-state index contributed by atoms with van der Waals surface area (Å²) < 4.78 is 17.5. The number of pyridine rings is 1. The van der Waals surface area contributed by atoms with Gasteiger partial charge in [0.25, 0.3) is 5.91 Å². The van der Waals surface area contributed by atoms with E-state index in [1.54, 1.807) is 62.7 Å². The number of hydrogen-bond acceptors (Lipinski definition) is 9. The largest absolute Gasteiger partial charge is 0.463 e. The van der Waals surface area contributed by atoms with Gasteiger partial charge in [0.05, 0.1) is 36.7 Å². The summed E-state index contributed by atoms with van der Waals surface area (Å²) in [6.45, 7) is 4.88. The smallest absolute Gasteiger partial charge is 0.435 e. The summed E-state index contributed by atoms with van der Waals surface area (Å²) in [4.78, 5) is 52.6. The van der Waals surface area contributed by atoms with Gasteiger partial charge in [-0.3, -0.25) is 14.5 Å². The standard InChI is InChI=1S/C36H45N7O6/c1-5-6-7-10-21-48-36(46)41-34(37)26-12-15-28(16-13-26)39-23-32-40-29-22-27(14-17-30(29)42(32)3)35(45)43(31-11-8-9-19-38-31)20-18-33(44)49-24-25(2)47-4/h8-9,11-17,19,22,25,39H,5-7,10,18,20-21,23-24H2,1-4H3,(H2,37,41,46)/t25-/m0/s1. The number of carbonyl (C=O) groups is 3. The van der Waals surface area contributed by atoms with Gasteiger partial charge in [0, 0.05) is 43.7 Å². The highest BCUT2D eigenvalue weighted by molar-refractivity contribution is 6.07. The second kappa shape index (κ2) is 18.3. The number of carbonyl (C=O) groups excluding carboxylic acids is 3. The Hall–Kier alpha value is -5.30. The van der Waals surface area contributed by atoms with E-state index in [2.05, 4.69) is 22.2 Å². The van der Waals surface area contributed by atoms with E-state index in [4.69, 9.17) is 24.9 Å². The summed E-state index contributed by atoms with van der Waals surface area (Å²) in [5.74, 6) is 0.514. The first-order valence-electron chi connectivity index (χ1n) is 16.4. The molecule has 0 aliphatic heterocycles. The average Bonchev–Trinajstić information content (AvgIpc) is 3.44. The van der Waals surface area contributed by atoms with Gasteiger partial charge in [0.1, 0.15) is 24.1 Å². The number of imidazole rings is 1. The van der Waals surface area contributed by atoms with Crippen LogP contribution < -0.4 is 16.0 Å². The second-order valence-corrected chi connectivity index (χ2v) is 11.5. The molecular formula is C36H45N7O6. The van der Waals surface area contributed by atoms with Crippen molar-refractivity contribution in [3.63, 3.8) is 0 Å². The minimum Gasteiger partial charge on any atom is -0.463 e. The summed E-state index contributed by atoms with van der Waals surface area (Å²) in [6, 6.07) is 17.8. The predicted molar refractivity (Wildman–Crippen MR) is 189 cm³/mol. The van der Waals surface area contributed by atoms with Crippen molar-refractivity contribution in [2.24, 2.45) is 17.8 Å². The first-order chi connectivity index (χ1) is 23.7. The van der Waals surface area contributed by atoms with Gasteiger partial charge in [-0.1, -0.05) is 32.3 Å². The number of esters is 1. The summed E-state index contributed by atoms with van der Waals surface area (Å²) in [6.07, 6.45) is 4.69. The number of fused-ring (bicyclic) bond motifs is 1. The van der Waals surface area contributed by atoms with Crippen LogP contribution >= 0.6 is 0 Å². The van der Waals surface area contributed by atoms with Gasteiger partial charge in [0.2, 0.25) is 0 Å². The lowest BCUT2D eigenvalue weighted by Crippen LogP contribution is -2.34. The number of amides is 2. The lowest BCUT2D eigenvalue weighted by atomic mass is 10.1. The number of nitrogens with one attached hydrogen (secondary N) is 1. The van der Waals surface area contributed by atoms with Crippen molar-refractivity contribution in [1.29, 1.82) is 0 Å². The number of unbranched alkanes of at least 4 members (excludes halogenated alkanes) is 3. The monoisotopic (exact) mass is 671 g/mol. The van der Waals surface area contributed by atoms with E-state index in [-0.39, 0.29) is 37.4 Å². The third-order valence-corrected chi connectivity index (χ3v) is 7.88. The molecule has 260 valence electrons. The molecule has 0 saturated heterocycles. The van der Waals surface area contributed by atoms with E-state index in [1.807, 2.05) is 29.8 Å². The molecule has 4 aromatic rings. The van der Waals surface area contributed by atoms with E-state index >= 15 is 0 Å². The number of hydrogen-bond donors (Lipinski definition) is 2. The molecule has 13 heteroatoms. The Balaban J connectivity index is 1.40. The molecular weight excluding hydrogens is 626 g/mol. The van der Waals surface area contributed by atoms with Crippen molar-refractivity contribution < 1.29 is 28.6 Å². The Morgan fingerprint density at radius 2 is 1.80 bits per heavy atom. The van der Waals surface area contributed by atoms with Gasteiger partial charge >= 0.3 is 12.1 Å². The maximum atomic E-state index is 13.8. The van der Waals surface area contributed by atoms with Crippen LogP contribution in [0.3, 0.4) is 0 Å². The van der Waals surface area contributed by atoms with Crippen molar-refractivity contribution in [3.05, 3.63) is 83.8 Å². The van der Waals surface area contributed by atoms with Crippen LogP contribution in [-0.4, -0.2) is 71.3 Å². The molecule has 13 nitrogen and oxygen atoms in total. The Kier molecular flexibility index (Phi) is 13.6. The number of amidine groups is 1. The second-order valence-electron chi connectivity index (χ2n) is 11.5. The fourth-order valence-corrected chi connectivity index (χ4v) is 4.91. The number of rotatable bonds is 17. The number of aliphatic imine (C=N–C) groups is 1. The van der Waals surface area contributed by atoms with Crippen LogP contribution in [-0.2, 0) is 32.6 Å². The molecule has 4 rings (SSSR count). The van der Waals surface area contributed by atoms with Gasteiger partial charge in [-0.25, -0.2) is 14.8 Å². The van der Waals surface area contributed by atoms with Gasteiger partial charge in [-0.2, -0.15) is 4.99 Å². The highest BCUT2D eigenvalue weighted by Gasteiger charge is 2.22. The molecule has 1 atom stereocenters. The van der Waals surface area contributed by atoms with Crippen molar-refractivity contribution in [2.45, 2.75) is 58.6 Å². The first-order valence-corrected chi connectivity index (χ1v) is 16.4. The van der Waals surface area contributed by atoms with E-state index in [1.165, 1.54) is 4.90 Å². The van der Waals surface area contributed by atoms with Crippen LogP contribution in [0.1, 0.15) is 67.7 Å². The first kappa shape index (κ1) is 36.5. The Morgan fingerprint density at radius 1 is 1.02 bits per heavy atom. The summed E-state index contributed by atoms with van der Waals surface area (Å²) in [5, 5.41) is 3.35. The minimum absolute atomic E-state index is 0.00744. The zero-order chi connectivity index (χ0) is 35.2. The molecule has 2 heterocycles. The minimum atomic E-state index is -0.694. The third-order valence-electron chi connectivity index (χ3n) is 7.88. The number of nitrogens with two attached hydrogens (primary N) is 1.